The maximum atomic E-state index is 11.5. The number of piperidine rings is 1. The standard InChI is InChI=1S/C16H29NO2/c1-4-16(15(18)19)7-9-17(10-8-16)14-6-5-12(2)13(3)11-14/h12-14H,4-11H2,1-3H3,(H,18,19). The minimum Gasteiger partial charge on any atom is -0.481 e. The van der Waals surface area contributed by atoms with E-state index in [1.165, 1.54) is 19.3 Å². The van der Waals surface area contributed by atoms with E-state index in [0.29, 0.717) is 6.04 Å². The summed E-state index contributed by atoms with van der Waals surface area (Å²) >= 11 is 0. The van der Waals surface area contributed by atoms with E-state index in [-0.39, 0.29) is 0 Å². The van der Waals surface area contributed by atoms with E-state index in [2.05, 4.69) is 18.7 Å². The summed E-state index contributed by atoms with van der Waals surface area (Å²) in [5.74, 6) is 1.09. The zero-order valence-electron chi connectivity index (χ0n) is 12.7. The van der Waals surface area contributed by atoms with Crippen molar-refractivity contribution in [2.24, 2.45) is 17.3 Å². The molecule has 2 fully saturated rings. The number of carboxylic acid groups (broad SMARTS) is 1. The summed E-state index contributed by atoms with van der Waals surface area (Å²) in [5, 5.41) is 9.44. The quantitative estimate of drug-likeness (QED) is 0.852. The fourth-order valence-electron chi connectivity index (χ4n) is 3.89. The van der Waals surface area contributed by atoms with Gasteiger partial charge in [-0.2, -0.15) is 0 Å². The molecular weight excluding hydrogens is 238 g/mol. The van der Waals surface area contributed by atoms with Crippen molar-refractivity contribution in [2.45, 2.75) is 65.3 Å². The Bertz CT molecular complexity index is 321. The first kappa shape index (κ1) is 14.8. The summed E-state index contributed by atoms with van der Waals surface area (Å²) in [7, 11) is 0. The molecular formula is C16H29NO2. The van der Waals surface area contributed by atoms with Gasteiger partial charge in [0.25, 0.3) is 0 Å². The molecule has 0 aromatic rings. The second-order valence-corrected chi connectivity index (χ2v) is 6.90. The molecule has 0 radical (unpaired) electrons. The molecule has 19 heavy (non-hydrogen) atoms. The first-order valence-corrected chi connectivity index (χ1v) is 7.96. The van der Waals surface area contributed by atoms with Crippen LogP contribution < -0.4 is 0 Å². The second kappa shape index (κ2) is 5.82. The third-order valence-corrected chi connectivity index (χ3v) is 5.97. The van der Waals surface area contributed by atoms with Crippen LogP contribution in [0.15, 0.2) is 0 Å². The van der Waals surface area contributed by atoms with Gasteiger partial charge in [-0.3, -0.25) is 4.79 Å². The van der Waals surface area contributed by atoms with Gasteiger partial charge in [-0.25, -0.2) is 0 Å². The topological polar surface area (TPSA) is 40.5 Å². The molecule has 1 aliphatic heterocycles. The van der Waals surface area contributed by atoms with Gasteiger partial charge in [-0.15, -0.1) is 0 Å². The van der Waals surface area contributed by atoms with Crippen LogP contribution in [0.2, 0.25) is 0 Å². The molecule has 3 heteroatoms. The van der Waals surface area contributed by atoms with E-state index in [9.17, 15) is 9.90 Å². The monoisotopic (exact) mass is 267 g/mol. The van der Waals surface area contributed by atoms with Crippen molar-refractivity contribution >= 4 is 5.97 Å². The summed E-state index contributed by atoms with van der Waals surface area (Å²) in [5.41, 5.74) is -0.440. The van der Waals surface area contributed by atoms with Crippen LogP contribution >= 0.6 is 0 Å². The first-order valence-electron chi connectivity index (χ1n) is 7.96. The predicted octanol–water partition coefficient (Wildman–Crippen LogP) is 3.39. The average molecular weight is 267 g/mol. The minimum absolute atomic E-state index is 0.440. The van der Waals surface area contributed by atoms with Gasteiger partial charge in [0.05, 0.1) is 5.41 Å². The molecule has 110 valence electrons. The smallest absolute Gasteiger partial charge is 0.309 e. The molecule has 2 rings (SSSR count). The van der Waals surface area contributed by atoms with Crippen LogP contribution in [0.1, 0.15) is 59.3 Å². The van der Waals surface area contributed by atoms with E-state index in [4.69, 9.17) is 0 Å². The van der Waals surface area contributed by atoms with E-state index in [0.717, 1.165) is 44.2 Å². The average Bonchev–Trinajstić information content (AvgIpc) is 2.42. The number of likely N-dealkylation sites (tertiary alicyclic amines) is 1. The maximum absolute atomic E-state index is 11.5. The van der Waals surface area contributed by atoms with E-state index in [1.54, 1.807) is 0 Å². The Kier molecular flexibility index (Phi) is 4.54. The van der Waals surface area contributed by atoms with Crippen molar-refractivity contribution in [3.8, 4) is 0 Å². The van der Waals surface area contributed by atoms with Crippen molar-refractivity contribution in [1.82, 2.24) is 4.90 Å². The van der Waals surface area contributed by atoms with Gasteiger partial charge in [0.2, 0.25) is 0 Å². The highest BCUT2D eigenvalue weighted by Gasteiger charge is 2.41. The van der Waals surface area contributed by atoms with Crippen molar-refractivity contribution in [1.29, 1.82) is 0 Å². The fourth-order valence-corrected chi connectivity index (χ4v) is 3.89. The molecule has 1 saturated heterocycles. The summed E-state index contributed by atoms with van der Waals surface area (Å²) in [6.07, 6.45) is 6.37. The molecule has 0 spiro atoms. The normalized spacial score (nSPS) is 36.1. The summed E-state index contributed by atoms with van der Waals surface area (Å²) in [6.45, 7) is 8.71. The van der Waals surface area contributed by atoms with Gasteiger partial charge in [-0.05, 0) is 63.5 Å². The third kappa shape index (κ3) is 2.96. The van der Waals surface area contributed by atoms with Crippen LogP contribution in [-0.4, -0.2) is 35.1 Å². The van der Waals surface area contributed by atoms with Crippen LogP contribution in [0, 0.1) is 17.3 Å². The highest BCUT2D eigenvalue weighted by molar-refractivity contribution is 5.74. The molecule has 0 aromatic heterocycles. The van der Waals surface area contributed by atoms with Crippen molar-refractivity contribution < 1.29 is 9.90 Å². The van der Waals surface area contributed by atoms with Crippen LogP contribution in [0.4, 0.5) is 0 Å². The lowest BCUT2D eigenvalue weighted by Gasteiger charge is -2.45. The molecule has 3 nitrogen and oxygen atoms in total. The molecule has 1 N–H and O–H groups in total. The molecule has 1 aliphatic carbocycles. The lowest BCUT2D eigenvalue weighted by molar-refractivity contribution is -0.153. The molecule has 1 heterocycles. The van der Waals surface area contributed by atoms with Crippen molar-refractivity contribution in [3.05, 3.63) is 0 Å². The SMILES string of the molecule is CCC1(C(=O)O)CCN(C2CCC(C)C(C)C2)CC1. The lowest BCUT2D eigenvalue weighted by atomic mass is 9.74. The Morgan fingerprint density at radius 3 is 2.32 bits per heavy atom. The van der Waals surface area contributed by atoms with E-state index in [1.807, 2.05) is 6.92 Å². The second-order valence-electron chi connectivity index (χ2n) is 6.90. The Labute approximate surface area is 117 Å². The van der Waals surface area contributed by atoms with Gasteiger partial charge in [0, 0.05) is 6.04 Å². The van der Waals surface area contributed by atoms with Crippen LogP contribution in [0.3, 0.4) is 0 Å². The van der Waals surface area contributed by atoms with Gasteiger partial charge in [0.15, 0.2) is 0 Å². The van der Waals surface area contributed by atoms with Gasteiger partial charge < -0.3 is 10.0 Å². The van der Waals surface area contributed by atoms with E-state index < -0.39 is 11.4 Å². The van der Waals surface area contributed by atoms with Crippen LogP contribution in [0.5, 0.6) is 0 Å². The number of carbonyl (C=O) groups is 1. The third-order valence-electron chi connectivity index (χ3n) is 5.97. The zero-order valence-corrected chi connectivity index (χ0v) is 12.7. The van der Waals surface area contributed by atoms with Gasteiger partial charge in [-0.1, -0.05) is 20.8 Å². The number of aliphatic carboxylic acids is 1. The predicted molar refractivity (Wildman–Crippen MR) is 77.1 cm³/mol. The van der Waals surface area contributed by atoms with Crippen molar-refractivity contribution in [3.63, 3.8) is 0 Å². The molecule has 3 unspecified atom stereocenters. The number of carboxylic acids is 1. The number of nitrogens with zero attached hydrogens (tertiary/aromatic N) is 1. The van der Waals surface area contributed by atoms with Gasteiger partial charge >= 0.3 is 5.97 Å². The Morgan fingerprint density at radius 1 is 1.21 bits per heavy atom. The lowest BCUT2D eigenvalue weighted by Crippen LogP contribution is -2.49. The van der Waals surface area contributed by atoms with E-state index >= 15 is 0 Å². The Morgan fingerprint density at radius 2 is 1.84 bits per heavy atom. The van der Waals surface area contributed by atoms with Crippen molar-refractivity contribution in [2.75, 3.05) is 13.1 Å². The Hall–Kier alpha value is -0.570. The van der Waals surface area contributed by atoms with Gasteiger partial charge in [0.1, 0.15) is 0 Å². The summed E-state index contributed by atoms with van der Waals surface area (Å²) in [4.78, 5) is 14.0. The maximum Gasteiger partial charge on any atom is 0.309 e. The molecule has 1 saturated carbocycles. The molecule has 3 atom stereocenters. The number of hydrogen-bond acceptors (Lipinski definition) is 2. The molecule has 2 aliphatic rings. The minimum atomic E-state index is -0.583. The summed E-state index contributed by atoms with van der Waals surface area (Å²) < 4.78 is 0. The first-order chi connectivity index (χ1) is 8.98. The Balaban J connectivity index is 1.91. The van der Waals surface area contributed by atoms with Crippen LogP contribution in [0.25, 0.3) is 0 Å². The largest absolute Gasteiger partial charge is 0.481 e. The summed E-state index contributed by atoms with van der Waals surface area (Å²) in [6, 6.07) is 0.704. The molecule has 0 aromatic carbocycles. The number of rotatable bonds is 3. The molecule has 0 amide bonds. The zero-order chi connectivity index (χ0) is 14.0. The highest BCUT2D eigenvalue weighted by Crippen LogP contribution is 2.39. The number of hydrogen-bond donors (Lipinski definition) is 1. The van der Waals surface area contributed by atoms with Crippen LogP contribution in [-0.2, 0) is 4.79 Å². The highest BCUT2D eigenvalue weighted by atomic mass is 16.4. The molecule has 0 bridgehead atoms. The fraction of sp³-hybridized carbons (Fsp3) is 0.938.